The van der Waals surface area contributed by atoms with Gasteiger partial charge in [0.05, 0.1) is 6.10 Å². The first-order valence-electron chi connectivity index (χ1n) is 6.00. The first-order chi connectivity index (χ1) is 7.54. The summed E-state index contributed by atoms with van der Waals surface area (Å²) >= 11 is 0. The average molecular weight is 220 g/mol. The first-order valence-corrected chi connectivity index (χ1v) is 6.00. The molecule has 88 valence electrons. The summed E-state index contributed by atoms with van der Waals surface area (Å²) in [7, 11) is 0. The third-order valence-electron chi connectivity index (χ3n) is 4.02. The van der Waals surface area contributed by atoms with E-state index in [-0.39, 0.29) is 0 Å². The molecule has 1 fully saturated rings. The van der Waals surface area contributed by atoms with Crippen LogP contribution in [0.3, 0.4) is 0 Å². The molecule has 0 spiro atoms. The van der Waals surface area contributed by atoms with E-state index in [1.807, 2.05) is 30.3 Å². The zero-order valence-electron chi connectivity index (χ0n) is 9.93. The highest BCUT2D eigenvalue weighted by Crippen LogP contribution is 2.42. The Balaban J connectivity index is 2.31. The summed E-state index contributed by atoms with van der Waals surface area (Å²) in [4.78, 5) is 0. The third kappa shape index (κ3) is 1.87. The maximum atomic E-state index is 10.6. The van der Waals surface area contributed by atoms with Crippen LogP contribution in [0.1, 0.15) is 32.3 Å². The number of hydrogen-bond acceptors (Lipinski definition) is 2. The van der Waals surface area contributed by atoms with Crippen molar-refractivity contribution in [2.45, 2.75) is 38.4 Å². The molecule has 0 radical (unpaired) electrons. The molecule has 0 aliphatic heterocycles. The second-order valence-corrected chi connectivity index (χ2v) is 5.20. The Labute approximate surface area is 96.9 Å². The van der Waals surface area contributed by atoms with Crippen LogP contribution in [-0.4, -0.2) is 16.3 Å². The number of aliphatic hydroxyl groups is 2. The molecule has 16 heavy (non-hydrogen) atoms. The van der Waals surface area contributed by atoms with E-state index in [9.17, 15) is 10.2 Å². The quantitative estimate of drug-likeness (QED) is 0.762. The van der Waals surface area contributed by atoms with Crippen LogP contribution < -0.4 is 0 Å². The van der Waals surface area contributed by atoms with E-state index >= 15 is 0 Å². The van der Waals surface area contributed by atoms with Crippen LogP contribution in [0.25, 0.3) is 0 Å². The van der Waals surface area contributed by atoms with Gasteiger partial charge in [0.2, 0.25) is 0 Å². The van der Waals surface area contributed by atoms with Crippen molar-refractivity contribution in [2.75, 3.05) is 0 Å². The minimum atomic E-state index is -1.06. The van der Waals surface area contributed by atoms with Gasteiger partial charge in [0.1, 0.15) is 5.60 Å². The van der Waals surface area contributed by atoms with Crippen molar-refractivity contribution in [3.05, 3.63) is 35.9 Å². The summed E-state index contributed by atoms with van der Waals surface area (Å²) in [6, 6.07) is 9.53. The van der Waals surface area contributed by atoms with Crippen molar-refractivity contribution in [2.24, 2.45) is 11.8 Å². The fourth-order valence-corrected chi connectivity index (χ4v) is 2.64. The number of hydrogen-bond donors (Lipinski definition) is 2. The lowest BCUT2D eigenvalue weighted by Gasteiger charge is -2.43. The molecule has 1 saturated carbocycles. The van der Waals surface area contributed by atoms with Crippen molar-refractivity contribution in [3.63, 3.8) is 0 Å². The Bertz CT molecular complexity index is 349. The van der Waals surface area contributed by atoms with Crippen LogP contribution in [-0.2, 0) is 5.60 Å². The summed E-state index contributed by atoms with van der Waals surface area (Å²) in [5.41, 5.74) is -0.228. The maximum Gasteiger partial charge on any atom is 0.116 e. The fourth-order valence-electron chi connectivity index (χ4n) is 2.64. The Morgan fingerprint density at radius 2 is 1.75 bits per heavy atom. The molecule has 1 aliphatic rings. The number of aliphatic hydroxyl groups excluding tert-OH is 1. The molecular weight excluding hydrogens is 200 g/mol. The van der Waals surface area contributed by atoms with E-state index in [0.717, 1.165) is 5.56 Å². The molecule has 0 aromatic heterocycles. The van der Waals surface area contributed by atoms with Gasteiger partial charge in [-0.1, -0.05) is 44.2 Å². The molecular formula is C14H20O2. The second kappa shape index (κ2) is 4.19. The molecule has 4 unspecified atom stereocenters. The average Bonchev–Trinajstić information content (AvgIpc) is 2.28. The van der Waals surface area contributed by atoms with Gasteiger partial charge < -0.3 is 10.2 Å². The molecule has 0 bridgehead atoms. The summed E-state index contributed by atoms with van der Waals surface area (Å²) in [6.45, 7) is 4.28. The van der Waals surface area contributed by atoms with Gasteiger partial charge in [0.15, 0.2) is 0 Å². The van der Waals surface area contributed by atoms with E-state index in [1.54, 1.807) is 0 Å². The zero-order chi connectivity index (χ0) is 11.8. The highest BCUT2D eigenvalue weighted by Gasteiger charge is 2.44. The van der Waals surface area contributed by atoms with Gasteiger partial charge in [-0.25, -0.2) is 0 Å². The van der Waals surface area contributed by atoms with Gasteiger partial charge in [-0.2, -0.15) is 0 Å². The lowest BCUT2D eigenvalue weighted by molar-refractivity contribution is -0.130. The number of benzene rings is 1. The molecule has 2 nitrogen and oxygen atoms in total. The molecule has 0 saturated heterocycles. The largest absolute Gasteiger partial charge is 0.390 e. The van der Waals surface area contributed by atoms with Crippen LogP contribution in [0.15, 0.2) is 30.3 Å². The van der Waals surface area contributed by atoms with Crippen molar-refractivity contribution < 1.29 is 10.2 Å². The van der Waals surface area contributed by atoms with Crippen LogP contribution >= 0.6 is 0 Å². The van der Waals surface area contributed by atoms with Crippen molar-refractivity contribution in [3.8, 4) is 0 Å². The summed E-state index contributed by atoms with van der Waals surface area (Å²) < 4.78 is 0. The molecule has 1 aromatic carbocycles. The minimum absolute atomic E-state index is 0.439. The van der Waals surface area contributed by atoms with Crippen molar-refractivity contribution in [1.82, 2.24) is 0 Å². The minimum Gasteiger partial charge on any atom is -0.390 e. The van der Waals surface area contributed by atoms with E-state index in [0.29, 0.717) is 24.7 Å². The Morgan fingerprint density at radius 1 is 1.12 bits per heavy atom. The Kier molecular flexibility index (Phi) is 3.04. The van der Waals surface area contributed by atoms with Crippen LogP contribution in [0.2, 0.25) is 0 Å². The molecule has 4 atom stereocenters. The van der Waals surface area contributed by atoms with Crippen molar-refractivity contribution >= 4 is 0 Å². The van der Waals surface area contributed by atoms with Gasteiger partial charge in [-0.15, -0.1) is 0 Å². The highest BCUT2D eigenvalue weighted by atomic mass is 16.3. The van der Waals surface area contributed by atoms with Gasteiger partial charge in [-0.05, 0) is 30.2 Å². The zero-order valence-corrected chi connectivity index (χ0v) is 9.93. The fraction of sp³-hybridized carbons (Fsp3) is 0.571. The Morgan fingerprint density at radius 3 is 2.38 bits per heavy atom. The monoisotopic (exact) mass is 220 g/mol. The van der Waals surface area contributed by atoms with E-state index in [2.05, 4.69) is 13.8 Å². The molecule has 2 N–H and O–H groups in total. The molecule has 2 heteroatoms. The van der Waals surface area contributed by atoms with Crippen LogP contribution in [0.5, 0.6) is 0 Å². The van der Waals surface area contributed by atoms with Gasteiger partial charge in [-0.3, -0.25) is 0 Å². The van der Waals surface area contributed by atoms with Gasteiger partial charge >= 0.3 is 0 Å². The summed E-state index contributed by atoms with van der Waals surface area (Å²) in [5, 5.41) is 20.8. The predicted octanol–water partition coefficient (Wildman–Crippen LogP) is 2.30. The molecule has 2 rings (SSSR count). The van der Waals surface area contributed by atoms with E-state index in [4.69, 9.17) is 0 Å². The number of rotatable bonds is 1. The van der Waals surface area contributed by atoms with E-state index in [1.165, 1.54) is 0 Å². The lowest BCUT2D eigenvalue weighted by atomic mass is 9.69. The molecule has 0 amide bonds. The predicted molar refractivity (Wildman–Crippen MR) is 63.9 cm³/mol. The topological polar surface area (TPSA) is 40.5 Å². The standard InChI is InChI=1S/C14H20O2/c1-10-8-13(15)14(16,9-11(10)2)12-6-4-3-5-7-12/h3-7,10-11,13,15-16H,8-9H2,1-2H3. The van der Waals surface area contributed by atoms with Crippen molar-refractivity contribution in [1.29, 1.82) is 0 Å². The third-order valence-corrected chi connectivity index (χ3v) is 4.02. The normalized spacial score (nSPS) is 39.6. The summed E-state index contributed by atoms with van der Waals surface area (Å²) in [5.74, 6) is 0.910. The lowest BCUT2D eigenvalue weighted by Crippen LogP contribution is -2.47. The summed E-state index contributed by atoms with van der Waals surface area (Å²) in [6.07, 6.45) is 0.660. The van der Waals surface area contributed by atoms with Crippen LogP contribution in [0, 0.1) is 11.8 Å². The van der Waals surface area contributed by atoms with Crippen LogP contribution in [0.4, 0.5) is 0 Å². The highest BCUT2D eigenvalue weighted by molar-refractivity contribution is 5.24. The molecule has 1 aromatic rings. The molecule has 1 aliphatic carbocycles. The second-order valence-electron chi connectivity index (χ2n) is 5.20. The van der Waals surface area contributed by atoms with E-state index < -0.39 is 11.7 Å². The Hall–Kier alpha value is -0.860. The first kappa shape index (κ1) is 11.6. The maximum absolute atomic E-state index is 10.6. The van der Waals surface area contributed by atoms with Gasteiger partial charge in [0.25, 0.3) is 0 Å². The smallest absolute Gasteiger partial charge is 0.116 e. The molecule has 0 heterocycles. The SMILES string of the molecule is CC1CC(O)C(O)(c2ccccc2)CC1C. The van der Waals surface area contributed by atoms with Gasteiger partial charge in [0, 0.05) is 0 Å².